The second-order valence-electron chi connectivity index (χ2n) is 4.37. The van der Waals surface area contributed by atoms with E-state index in [1.54, 1.807) is 6.20 Å². The van der Waals surface area contributed by atoms with Gasteiger partial charge in [0.1, 0.15) is 0 Å². The van der Waals surface area contributed by atoms with Gasteiger partial charge in [-0.25, -0.2) is 4.79 Å². The van der Waals surface area contributed by atoms with E-state index in [1.165, 1.54) is 0 Å². The first kappa shape index (κ1) is 15.0. The largest absolute Gasteiger partial charge is 0.325 e. The maximum atomic E-state index is 11.8. The molecule has 0 aromatic carbocycles. The summed E-state index contributed by atoms with van der Waals surface area (Å²) in [5.41, 5.74) is 1.11. The molecule has 0 atom stereocenters. The van der Waals surface area contributed by atoms with Gasteiger partial charge >= 0.3 is 6.03 Å². The maximum Gasteiger partial charge on any atom is 0.321 e. The highest BCUT2D eigenvalue weighted by Gasteiger charge is 2.10. The zero-order valence-electron chi connectivity index (χ0n) is 11.2. The third-order valence-corrected chi connectivity index (χ3v) is 2.33. The van der Waals surface area contributed by atoms with Crippen molar-refractivity contribution in [2.24, 2.45) is 0 Å². The minimum Gasteiger partial charge on any atom is -0.325 e. The van der Waals surface area contributed by atoms with Crippen molar-refractivity contribution in [1.82, 2.24) is 10.2 Å². The maximum absolute atomic E-state index is 11.8. The number of nitrogens with zero attached hydrogens (tertiary/aromatic N) is 1. The number of nitrogens with one attached hydrogen (secondary N) is 1. The van der Waals surface area contributed by atoms with Gasteiger partial charge < -0.3 is 10.2 Å². The van der Waals surface area contributed by atoms with Gasteiger partial charge in [-0.1, -0.05) is 32.3 Å². The molecule has 3 heteroatoms. The van der Waals surface area contributed by atoms with Crippen molar-refractivity contribution in [2.45, 2.75) is 53.4 Å². The van der Waals surface area contributed by atoms with E-state index in [2.05, 4.69) is 19.2 Å². The van der Waals surface area contributed by atoms with Gasteiger partial charge in [0, 0.05) is 19.3 Å². The average Bonchev–Trinajstić information content (AvgIpc) is 2.26. The van der Waals surface area contributed by atoms with Crippen molar-refractivity contribution in [3.05, 3.63) is 11.8 Å². The van der Waals surface area contributed by atoms with Gasteiger partial charge in [-0.2, -0.15) is 0 Å². The number of amides is 2. The number of urea groups is 1. The van der Waals surface area contributed by atoms with E-state index >= 15 is 0 Å². The lowest BCUT2D eigenvalue weighted by Gasteiger charge is -2.21. The summed E-state index contributed by atoms with van der Waals surface area (Å²) in [6.07, 6.45) is 6.17. The molecule has 0 aromatic rings. The van der Waals surface area contributed by atoms with Crippen LogP contribution in [0.15, 0.2) is 11.8 Å². The summed E-state index contributed by atoms with van der Waals surface area (Å²) in [6.45, 7) is 9.96. The molecule has 16 heavy (non-hydrogen) atoms. The predicted molar refractivity (Wildman–Crippen MR) is 69.4 cm³/mol. The van der Waals surface area contributed by atoms with Gasteiger partial charge in [0.05, 0.1) is 0 Å². The molecule has 0 aliphatic heterocycles. The summed E-state index contributed by atoms with van der Waals surface area (Å²) in [7, 11) is 0. The lowest BCUT2D eigenvalue weighted by molar-refractivity contribution is 0.199. The van der Waals surface area contributed by atoms with Crippen LogP contribution in [-0.4, -0.2) is 24.0 Å². The third-order valence-electron chi connectivity index (χ3n) is 2.33. The summed E-state index contributed by atoms with van der Waals surface area (Å²) >= 11 is 0. The van der Waals surface area contributed by atoms with Crippen molar-refractivity contribution < 1.29 is 4.79 Å². The van der Waals surface area contributed by atoms with Crippen molar-refractivity contribution in [1.29, 1.82) is 0 Å². The Bertz CT molecular complexity index is 212. The molecule has 0 spiro atoms. The first-order valence-corrected chi connectivity index (χ1v) is 6.30. The SMILES string of the molecule is CCCCN(CCCC)C(=O)NC=C(C)C. The molecule has 0 radical (unpaired) electrons. The monoisotopic (exact) mass is 226 g/mol. The van der Waals surface area contributed by atoms with E-state index in [-0.39, 0.29) is 6.03 Å². The average molecular weight is 226 g/mol. The molecule has 0 saturated carbocycles. The molecule has 0 rings (SSSR count). The standard InChI is InChI=1S/C13H26N2O/c1-5-7-9-15(10-8-6-2)13(16)14-11-12(3)4/h11H,5-10H2,1-4H3,(H,14,16). The first-order valence-electron chi connectivity index (χ1n) is 6.30. The minimum atomic E-state index is 0.0306. The van der Waals surface area contributed by atoms with Crippen LogP contribution in [-0.2, 0) is 0 Å². The summed E-state index contributed by atoms with van der Waals surface area (Å²) < 4.78 is 0. The van der Waals surface area contributed by atoms with Gasteiger partial charge in [-0.3, -0.25) is 0 Å². The number of carbonyl (C=O) groups excluding carboxylic acids is 1. The Balaban J connectivity index is 4.14. The van der Waals surface area contributed by atoms with E-state index in [0.717, 1.165) is 44.3 Å². The van der Waals surface area contributed by atoms with Crippen molar-refractivity contribution in [3.63, 3.8) is 0 Å². The van der Waals surface area contributed by atoms with E-state index < -0.39 is 0 Å². The fourth-order valence-electron chi connectivity index (χ4n) is 1.31. The smallest absolute Gasteiger partial charge is 0.321 e. The third kappa shape index (κ3) is 7.32. The predicted octanol–water partition coefficient (Wildman–Crippen LogP) is 3.52. The molecule has 0 saturated heterocycles. The molecule has 1 N–H and O–H groups in total. The second kappa shape index (κ2) is 9.25. The summed E-state index contributed by atoms with van der Waals surface area (Å²) in [4.78, 5) is 13.7. The number of hydrogen-bond donors (Lipinski definition) is 1. The number of hydrogen-bond acceptors (Lipinski definition) is 1. The van der Waals surface area contributed by atoms with Crippen LogP contribution in [0.5, 0.6) is 0 Å². The highest BCUT2D eigenvalue weighted by atomic mass is 16.2. The molecular weight excluding hydrogens is 200 g/mol. The van der Waals surface area contributed by atoms with Crippen LogP contribution in [0.1, 0.15) is 53.4 Å². The van der Waals surface area contributed by atoms with Gasteiger partial charge in [0.15, 0.2) is 0 Å². The van der Waals surface area contributed by atoms with Crippen LogP contribution in [0, 0.1) is 0 Å². The van der Waals surface area contributed by atoms with Crippen LogP contribution in [0.2, 0.25) is 0 Å². The zero-order valence-corrected chi connectivity index (χ0v) is 11.2. The molecule has 94 valence electrons. The molecule has 0 aliphatic rings. The minimum absolute atomic E-state index is 0.0306. The first-order chi connectivity index (χ1) is 7.61. The Hall–Kier alpha value is -0.990. The number of rotatable bonds is 7. The highest BCUT2D eigenvalue weighted by Crippen LogP contribution is 2.00. The quantitative estimate of drug-likeness (QED) is 0.707. The van der Waals surface area contributed by atoms with Crippen LogP contribution in [0.25, 0.3) is 0 Å². The number of allylic oxidation sites excluding steroid dienone is 1. The van der Waals surface area contributed by atoms with Crippen molar-refractivity contribution in [2.75, 3.05) is 13.1 Å². The lowest BCUT2D eigenvalue weighted by atomic mass is 10.3. The Morgan fingerprint density at radius 2 is 1.62 bits per heavy atom. The Morgan fingerprint density at radius 1 is 1.12 bits per heavy atom. The molecule has 0 aromatic heterocycles. The summed E-state index contributed by atoms with van der Waals surface area (Å²) in [5.74, 6) is 0. The van der Waals surface area contributed by atoms with Crippen LogP contribution < -0.4 is 5.32 Å². The molecule has 3 nitrogen and oxygen atoms in total. The molecule has 0 heterocycles. The topological polar surface area (TPSA) is 32.3 Å². The highest BCUT2D eigenvalue weighted by molar-refractivity contribution is 5.75. The van der Waals surface area contributed by atoms with Crippen molar-refractivity contribution >= 4 is 6.03 Å². The number of unbranched alkanes of at least 4 members (excludes halogenated alkanes) is 2. The van der Waals surface area contributed by atoms with Crippen LogP contribution >= 0.6 is 0 Å². The second-order valence-corrected chi connectivity index (χ2v) is 4.37. The fourth-order valence-corrected chi connectivity index (χ4v) is 1.31. The van der Waals surface area contributed by atoms with E-state index in [1.807, 2.05) is 18.7 Å². The van der Waals surface area contributed by atoms with Gasteiger partial charge in [-0.15, -0.1) is 0 Å². The van der Waals surface area contributed by atoms with Crippen molar-refractivity contribution in [3.8, 4) is 0 Å². The summed E-state index contributed by atoms with van der Waals surface area (Å²) in [5, 5.41) is 2.82. The Morgan fingerprint density at radius 3 is 2.00 bits per heavy atom. The molecular formula is C13H26N2O. The molecule has 0 unspecified atom stereocenters. The van der Waals surface area contributed by atoms with Gasteiger partial charge in [0.2, 0.25) is 0 Å². The normalized spacial score (nSPS) is 9.75. The van der Waals surface area contributed by atoms with Gasteiger partial charge in [0.25, 0.3) is 0 Å². The molecule has 2 amide bonds. The molecule has 0 fully saturated rings. The van der Waals surface area contributed by atoms with Crippen LogP contribution in [0.3, 0.4) is 0 Å². The van der Waals surface area contributed by atoms with Gasteiger partial charge in [-0.05, 0) is 26.7 Å². The molecule has 0 bridgehead atoms. The Kier molecular flexibility index (Phi) is 8.68. The lowest BCUT2D eigenvalue weighted by Crippen LogP contribution is -2.39. The van der Waals surface area contributed by atoms with E-state index in [9.17, 15) is 4.79 Å². The van der Waals surface area contributed by atoms with E-state index in [4.69, 9.17) is 0 Å². The zero-order chi connectivity index (χ0) is 12.4. The summed E-state index contributed by atoms with van der Waals surface area (Å²) in [6, 6.07) is 0.0306. The van der Waals surface area contributed by atoms with E-state index in [0.29, 0.717) is 0 Å². The fraction of sp³-hybridized carbons (Fsp3) is 0.769. The number of carbonyl (C=O) groups is 1. The Labute approximate surface area is 99.9 Å². The van der Waals surface area contributed by atoms with Crippen LogP contribution in [0.4, 0.5) is 4.79 Å². The molecule has 0 aliphatic carbocycles.